The van der Waals surface area contributed by atoms with Gasteiger partial charge in [0.2, 0.25) is 0 Å². The van der Waals surface area contributed by atoms with Gasteiger partial charge >= 0.3 is 6.61 Å². The molecule has 0 spiro atoms. The highest BCUT2D eigenvalue weighted by Gasteiger charge is 2.10. The maximum atomic E-state index is 12.2. The lowest BCUT2D eigenvalue weighted by Crippen LogP contribution is -2.38. The second-order valence-corrected chi connectivity index (χ2v) is 6.82. The lowest BCUT2D eigenvalue weighted by Gasteiger charge is -2.22. The molecule has 1 aromatic heterocycles. The van der Waals surface area contributed by atoms with Crippen LogP contribution in [0.15, 0.2) is 29.3 Å². The molecule has 0 radical (unpaired) electrons. The summed E-state index contributed by atoms with van der Waals surface area (Å²) in [6, 6.07) is 6.59. The van der Waals surface area contributed by atoms with Gasteiger partial charge in [0.05, 0.1) is 12.2 Å². The Morgan fingerprint density at radius 2 is 1.96 bits per heavy atom. The van der Waals surface area contributed by atoms with Crippen molar-refractivity contribution in [1.82, 2.24) is 15.2 Å². The van der Waals surface area contributed by atoms with E-state index in [1.54, 1.807) is 30.5 Å². The summed E-state index contributed by atoms with van der Waals surface area (Å²) in [5.41, 5.74) is 2.02. The van der Waals surface area contributed by atoms with Crippen LogP contribution in [0.4, 0.5) is 8.78 Å². The molecule has 1 heterocycles. The van der Waals surface area contributed by atoms with Crippen molar-refractivity contribution in [2.24, 2.45) is 4.99 Å². The SMILES string of the molecule is CN=C(NCc1nc(C)c(C)s1)N(C)Cc1ccc(OC(F)F)cc1.I. The van der Waals surface area contributed by atoms with Gasteiger partial charge in [-0.1, -0.05) is 12.1 Å². The molecular formula is C17H23F2IN4OS. The van der Waals surface area contributed by atoms with Crippen LogP contribution in [0.5, 0.6) is 5.75 Å². The van der Waals surface area contributed by atoms with Crippen LogP contribution in [0, 0.1) is 13.8 Å². The van der Waals surface area contributed by atoms with E-state index in [0.717, 1.165) is 22.2 Å². The summed E-state index contributed by atoms with van der Waals surface area (Å²) >= 11 is 1.67. The van der Waals surface area contributed by atoms with Crippen molar-refractivity contribution < 1.29 is 13.5 Å². The van der Waals surface area contributed by atoms with Gasteiger partial charge in [-0.25, -0.2) is 4.98 Å². The highest BCUT2D eigenvalue weighted by molar-refractivity contribution is 14.0. The van der Waals surface area contributed by atoms with Crippen LogP contribution in [-0.4, -0.2) is 36.6 Å². The first-order chi connectivity index (χ1) is 11.9. The number of hydrogen-bond donors (Lipinski definition) is 1. The zero-order valence-electron chi connectivity index (χ0n) is 15.1. The Hall–Kier alpha value is -1.49. The normalized spacial score (nSPS) is 11.3. The number of ether oxygens (including phenoxy) is 1. The third-order valence-corrected chi connectivity index (χ3v) is 4.69. The Balaban J connectivity index is 0.00000338. The third kappa shape index (κ3) is 6.67. The zero-order valence-corrected chi connectivity index (χ0v) is 18.3. The molecule has 0 aliphatic rings. The maximum Gasteiger partial charge on any atom is 0.387 e. The molecule has 0 amide bonds. The number of guanidine groups is 1. The first-order valence-corrected chi connectivity index (χ1v) is 8.59. The molecule has 1 aromatic carbocycles. The summed E-state index contributed by atoms with van der Waals surface area (Å²) in [6.07, 6.45) is 0. The van der Waals surface area contributed by atoms with Gasteiger partial charge in [0.1, 0.15) is 10.8 Å². The fraction of sp³-hybridized carbons (Fsp3) is 0.412. The summed E-state index contributed by atoms with van der Waals surface area (Å²) in [7, 11) is 3.63. The molecule has 5 nitrogen and oxygen atoms in total. The Bertz CT molecular complexity index is 703. The maximum absolute atomic E-state index is 12.2. The van der Waals surface area contributed by atoms with E-state index in [-0.39, 0.29) is 29.7 Å². The van der Waals surface area contributed by atoms with Crippen LogP contribution < -0.4 is 10.1 Å². The Labute approximate surface area is 173 Å². The van der Waals surface area contributed by atoms with Crippen LogP contribution in [0.1, 0.15) is 21.1 Å². The highest BCUT2D eigenvalue weighted by Crippen LogP contribution is 2.17. The molecule has 1 N–H and O–H groups in total. The van der Waals surface area contributed by atoms with Gasteiger partial charge in [-0.15, -0.1) is 35.3 Å². The summed E-state index contributed by atoms with van der Waals surface area (Å²) in [5.74, 6) is 0.886. The number of halogens is 3. The zero-order chi connectivity index (χ0) is 18.4. The van der Waals surface area contributed by atoms with Gasteiger partial charge in [-0.2, -0.15) is 8.78 Å². The largest absolute Gasteiger partial charge is 0.435 e. The van der Waals surface area contributed by atoms with Crippen LogP contribution in [0.25, 0.3) is 0 Å². The number of hydrogen-bond acceptors (Lipinski definition) is 4. The first-order valence-electron chi connectivity index (χ1n) is 7.77. The number of alkyl halides is 2. The molecule has 0 saturated carbocycles. The smallest absolute Gasteiger partial charge is 0.387 e. The van der Waals surface area contributed by atoms with Crippen molar-refractivity contribution in [3.8, 4) is 5.75 Å². The van der Waals surface area contributed by atoms with Gasteiger partial charge in [-0.05, 0) is 31.5 Å². The topological polar surface area (TPSA) is 49.8 Å². The number of aliphatic imine (C=N–C) groups is 1. The van der Waals surface area contributed by atoms with E-state index in [1.165, 1.54) is 17.0 Å². The fourth-order valence-electron chi connectivity index (χ4n) is 2.28. The standard InChI is InChI=1S/C17H22F2N4OS.HI/c1-11-12(2)25-15(22-11)9-21-17(20-3)23(4)10-13-5-7-14(8-6-13)24-16(18)19;/h5-8,16H,9-10H2,1-4H3,(H,20,21);1H. The second kappa shape index (κ2) is 10.6. The second-order valence-electron chi connectivity index (χ2n) is 5.53. The molecule has 0 bridgehead atoms. The van der Waals surface area contributed by atoms with E-state index in [4.69, 9.17) is 0 Å². The number of nitrogens with one attached hydrogen (secondary N) is 1. The number of rotatable bonds is 6. The number of nitrogens with zero attached hydrogens (tertiary/aromatic N) is 3. The molecule has 0 aliphatic heterocycles. The molecule has 0 aliphatic carbocycles. The van der Waals surface area contributed by atoms with E-state index in [2.05, 4.69) is 27.0 Å². The molecule has 0 fully saturated rings. The van der Waals surface area contributed by atoms with Gasteiger partial charge < -0.3 is 15.0 Å². The molecule has 0 atom stereocenters. The molecule has 2 aromatic rings. The summed E-state index contributed by atoms with van der Waals surface area (Å²) in [4.78, 5) is 11.9. The number of benzene rings is 1. The summed E-state index contributed by atoms with van der Waals surface area (Å²) < 4.78 is 28.7. The van der Waals surface area contributed by atoms with Crippen molar-refractivity contribution in [2.45, 2.75) is 33.5 Å². The molecule has 9 heteroatoms. The first kappa shape index (κ1) is 22.6. The fourth-order valence-corrected chi connectivity index (χ4v) is 3.15. The van der Waals surface area contributed by atoms with E-state index in [1.807, 2.05) is 18.9 Å². The molecule has 2 rings (SSSR count). The molecule has 144 valence electrons. The van der Waals surface area contributed by atoms with Crippen LogP contribution in [-0.2, 0) is 13.1 Å². The average Bonchev–Trinajstić information content (AvgIpc) is 2.87. The van der Waals surface area contributed by atoms with Gasteiger partial charge in [0, 0.05) is 25.5 Å². The monoisotopic (exact) mass is 496 g/mol. The quantitative estimate of drug-likeness (QED) is 0.371. The molecule has 0 unspecified atom stereocenters. The predicted octanol–water partition coefficient (Wildman–Crippen LogP) is 4.19. The van der Waals surface area contributed by atoms with Crippen molar-refractivity contribution in [1.29, 1.82) is 0 Å². The lowest BCUT2D eigenvalue weighted by molar-refractivity contribution is -0.0498. The number of aryl methyl sites for hydroxylation is 2. The number of aromatic nitrogens is 1. The average molecular weight is 496 g/mol. The Kier molecular flexibility index (Phi) is 9.20. The van der Waals surface area contributed by atoms with Crippen molar-refractivity contribution in [3.63, 3.8) is 0 Å². The van der Waals surface area contributed by atoms with Gasteiger partial charge in [-0.3, -0.25) is 4.99 Å². The minimum absolute atomic E-state index is 0. The lowest BCUT2D eigenvalue weighted by atomic mass is 10.2. The molecule has 0 saturated heterocycles. The van der Waals surface area contributed by atoms with E-state index >= 15 is 0 Å². The van der Waals surface area contributed by atoms with Crippen molar-refractivity contribution >= 4 is 41.3 Å². The van der Waals surface area contributed by atoms with E-state index in [0.29, 0.717) is 13.1 Å². The van der Waals surface area contributed by atoms with Crippen molar-refractivity contribution in [3.05, 3.63) is 45.4 Å². The van der Waals surface area contributed by atoms with Crippen LogP contribution in [0.2, 0.25) is 0 Å². The molecule has 26 heavy (non-hydrogen) atoms. The Morgan fingerprint density at radius 3 is 2.46 bits per heavy atom. The van der Waals surface area contributed by atoms with Gasteiger partial charge in [0.25, 0.3) is 0 Å². The summed E-state index contributed by atoms with van der Waals surface area (Å²) in [5, 5.41) is 4.30. The highest BCUT2D eigenvalue weighted by atomic mass is 127. The van der Waals surface area contributed by atoms with Crippen LogP contribution >= 0.6 is 35.3 Å². The van der Waals surface area contributed by atoms with Crippen molar-refractivity contribution in [2.75, 3.05) is 14.1 Å². The predicted molar refractivity (Wildman–Crippen MR) is 112 cm³/mol. The van der Waals surface area contributed by atoms with Gasteiger partial charge in [0.15, 0.2) is 5.96 Å². The van der Waals surface area contributed by atoms with Crippen LogP contribution in [0.3, 0.4) is 0 Å². The minimum atomic E-state index is -2.81. The molecular weight excluding hydrogens is 473 g/mol. The number of thiazole rings is 1. The Morgan fingerprint density at radius 1 is 1.31 bits per heavy atom. The third-order valence-electron chi connectivity index (χ3n) is 3.61. The minimum Gasteiger partial charge on any atom is -0.435 e. The van der Waals surface area contributed by atoms with E-state index < -0.39 is 6.61 Å². The summed E-state index contributed by atoms with van der Waals surface area (Å²) in [6.45, 7) is 2.44. The van der Waals surface area contributed by atoms with E-state index in [9.17, 15) is 8.78 Å².